The fourth-order valence-electron chi connectivity index (χ4n) is 2.80. The van der Waals surface area contributed by atoms with Gasteiger partial charge in [-0.2, -0.15) is 0 Å². The predicted molar refractivity (Wildman–Crippen MR) is 77.6 cm³/mol. The third kappa shape index (κ3) is 6.19. The molecule has 1 rings (SSSR count). The van der Waals surface area contributed by atoms with Gasteiger partial charge in [0.05, 0.1) is 5.75 Å². The molecule has 0 radical (unpaired) electrons. The molecule has 18 heavy (non-hydrogen) atoms. The molecule has 1 fully saturated rings. The van der Waals surface area contributed by atoms with Crippen molar-refractivity contribution in [3.05, 3.63) is 0 Å². The minimum Gasteiger partial charge on any atom is -0.303 e. The van der Waals surface area contributed by atoms with Crippen molar-refractivity contribution in [1.29, 1.82) is 0 Å². The molecule has 0 aromatic heterocycles. The zero-order valence-electron chi connectivity index (χ0n) is 12.4. The first kappa shape index (κ1) is 16.0. The van der Waals surface area contributed by atoms with Crippen LogP contribution < -0.4 is 0 Å². The molecular weight excluding hydrogens is 246 g/mol. The summed E-state index contributed by atoms with van der Waals surface area (Å²) in [5.41, 5.74) is 0.406. The Morgan fingerprint density at radius 1 is 1.17 bits per heavy atom. The Labute approximate surface area is 113 Å². The number of sulfone groups is 1. The van der Waals surface area contributed by atoms with Crippen LogP contribution in [-0.4, -0.2) is 45.0 Å². The second kappa shape index (κ2) is 6.38. The molecule has 3 nitrogen and oxygen atoms in total. The van der Waals surface area contributed by atoms with Crippen LogP contribution in [0.1, 0.15) is 46.5 Å². The van der Waals surface area contributed by atoms with Crippen molar-refractivity contribution < 1.29 is 8.42 Å². The largest absolute Gasteiger partial charge is 0.303 e. The standard InChI is InChI=1S/C14H29NO2S/c1-14(2,3)13-7-5-9-15(11-8-13)10-6-12-18(4,16)17/h13H,5-12H2,1-4H3. The monoisotopic (exact) mass is 275 g/mol. The summed E-state index contributed by atoms with van der Waals surface area (Å²) in [6.45, 7) is 10.2. The zero-order chi connectivity index (χ0) is 13.8. The summed E-state index contributed by atoms with van der Waals surface area (Å²) < 4.78 is 22.2. The molecule has 0 bridgehead atoms. The van der Waals surface area contributed by atoms with Crippen LogP contribution in [0, 0.1) is 11.3 Å². The van der Waals surface area contributed by atoms with E-state index in [1.807, 2.05) is 0 Å². The lowest BCUT2D eigenvalue weighted by atomic mass is 9.77. The summed E-state index contributed by atoms with van der Waals surface area (Å²) in [5, 5.41) is 0. The molecule has 1 aliphatic heterocycles. The molecule has 1 atom stereocenters. The average molecular weight is 275 g/mol. The molecule has 108 valence electrons. The second-order valence-electron chi connectivity index (χ2n) is 6.82. The van der Waals surface area contributed by atoms with Crippen molar-refractivity contribution in [3.8, 4) is 0 Å². The molecule has 0 aliphatic carbocycles. The number of hydrogen-bond donors (Lipinski definition) is 0. The van der Waals surface area contributed by atoms with Crippen LogP contribution in [-0.2, 0) is 9.84 Å². The first-order valence-corrected chi connectivity index (χ1v) is 9.14. The third-order valence-electron chi connectivity index (χ3n) is 4.03. The Balaban J connectivity index is 2.34. The van der Waals surface area contributed by atoms with Gasteiger partial charge in [0.1, 0.15) is 9.84 Å². The Morgan fingerprint density at radius 2 is 1.83 bits per heavy atom. The van der Waals surface area contributed by atoms with Gasteiger partial charge in [-0.25, -0.2) is 8.42 Å². The van der Waals surface area contributed by atoms with Crippen molar-refractivity contribution in [1.82, 2.24) is 4.90 Å². The van der Waals surface area contributed by atoms with Gasteiger partial charge in [-0.3, -0.25) is 0 Å². The van der Waals surface area contributed by atoms with E-state index in [0.717, 1.165) is 32.0 Å². The first-order valence-electron chi connectivity index (χ1n) is 7.08. The van der Waals surface area contributed by atoms with Gasteiger partial charge >= 0.3 is 0 Å². The maximum absolute atomic E-state index is 11.1. The van der Waals surface area contributed by atoms with E-state index < -0.39 is 9.84 Å². The zero-order valence-corrected chi connectivity index (χ0v) is 13.2. The van der Waals surface area contributed by atoms with Crippen LogP contribution in [0.15, 0.2) is 0 Å². The molecule has 0 N–H and O–H groups in total. The van der Waals surface area contributed by atoms with Gasteiger partial charge in [0.25, 0.3) is 0 Å². The van der Waals surface area contributed by atoms with Crippen molar-refractivity contribution in [2.24, 2.45) is 11.3 Å². The summed E-state index contributed by atoms with van der Waals surface area (Å²) in [5.74, 6) is 1.13. The lowest BCUT2D eigenvalue weighted by Crippen LogP contribution is -2.28. The maximum Gasteiger partial charge on any atom is 0.147 e. The summed E-state index contributed by atoms with van der Waals surface area (Å²) in [4.78, 5) is 2.44. The van der Waals surface area contributed by atoms with E-state index in [1.165, 1.54) is 25.5 Å². The van der Waals surface area contributed by atoms with E-state index in [-0.39, 0.29) is 0 Å². The molecule has 4 heteroatoms. The summed E-state index contributed by atoms with van der Waals surface area (Å²) >= 11 is 0. The highest BCUT2D eigenvalue weighted by Gasteiger charge is 2.26. The molecule has 1 aliphatic rings. The van der Waals surface area contributed by atoms with E-state index >= 15 is 0 Å². The van der Waals surface area contributed by atoms with Crippen LogP contribution in [0.2, 0.25) is 0 Å². The summed E-state index contributed by atoms with van der Waals surface area (Å²) in [6, 6.07) is 0. The van der Waals surface area contributed by atoms with E-state index in [4.69, 9.17) is 0 Å². The van der Waals surface area contributed by atoms with Gasteiger partial charge in [0.15, 0.2) is 0 Å². The first-order chi connectivity index (χ1) is 8.18. The normalized spacial score (nSPS) is 23.9. The fourth-order valence-corrected chi connectivity index (χ4v) is 3.45. The molecule has 0 amide bonds. The molecule has 1 heterocycles. The van der Waals surface area contributed by atoms with Crippen molar-refractivity contribution in [2.75, 3.05) is 31.6 Å². The van der Waals surface area contributed by atoms with Gasteiger partial charge in [0.2, 0.25) is 0 Å². The lowest BCUT2D eigenvalue weighted by molar-refractivity contribution is 0.208. The van der Waals surface area contributed by atoms with E-state index in [1.54, 1.807) is 0 Å². The highest BCUT2D eigenvalue weighted by Crippen LogP contribution is 2.34. The third-order valence-corrected chi connectivity index (χ3v) is 5.07. The van der Waals surface area contributed by atoms with E-state index in [9.17, 15) is 8.42 Å². The predicted octanol–water partition coefficient (Wildman–Crippen LogP) is 2.57. The highest BCUT2D eigenvalue weighted by molar-refractivity contribution is 7.90. The fraction of sp³-hybridized carbons (Fsp3) is 1.00. The minimum atomic E-state index is -2.79. The van der Waals surface area contributed by atoms with Crippen molar-refractivity contribution in [3.63, 3.8) is 0 Å². The molecular formula is C14H29NO2S. The molecule has 0 aromatic rings. The number of hydrogen-bond acceptors (Lipinski definition) is 3. The van der Waals surface area contributed by atoms with E-state index in [0.29, 0.717) is 11.2 Å². The van der Waals surface area contributed by atoms with Crippen LogP contribution >= 0.6 is 0 Å². The highest BCUT2D eigenvalue weighted by atomic mass is 32.2. The second-order valence-corrected chi connectivity index (χ2v) is 9.08. The molecule has 0 aromatic carbocycles. The Hall–Kier alpha value is -0.0900. The number of rotatable bonds is 4. The van der Waals surface area contributed by atoms with Crippen LogP contribution in [0.25, 0.3) is 0 Å². The average Bonchev–Trinajstić information content (AvgIpc) is 2.40. The number of likely N-dealkylation sites (tertiary alicyclic amines) is 1. The minimum absolute atomic E-state index is 0.326. The smallest absolute Gasteiger partial charge is 0.147 e. The van der Waals surface area contributed by atoms with Gasteiger partial charge in [0, 0.05) is 6.26 Å². The Morgan fingerprint density at radius 3 is 2.39 bits per heavy atom. The van der Waals surface area contributed by atoms with Gasteiger partial charge in [-0.15, -0.1) is 0 Å². The van der Waals surface area contributed by atoms with Gasteiger partial charge < -0.3 is 4.90 Å². The molecule has 1 unspecified atom stereocenters. The Kier molecular flexibility index (Phi) is 5.66. The van der Waals surface area contributed by atoms with Gasteiger partial charge in [-0.05, 0) is 56.7 Å². The van der Waals surface area contributed by atoms with Crippen LogP contribution in [0.4, 0.5) is 0 Å². The SMILES string of the molecule is CC(C)(C)C1CCCN(CCCS(C)(=O)=O)CC1. The van der Waals surface area contributed by atoms with Crippen molar-refractivity contribution in [2.45, 2.75) is 46.5 Å². The Bertz CT molecular complexity index is 343. The molecule has 0 saturated carbocycles. The summed E-state index contributed by atoms with van der Waals surface area (Å²) in [6.07, 6.45) is 5.92. The quantitative estimate of drug-likeness (QED) is 0.791. The molecule has 0 spiro atoms. The van der Waals surface area contributed by atoms with Crippen LogP contribution in [0.5, 0.6) is 0 Å². The maximum atomic E-state index is 11.1. The van der Waals surface area contributed by atoms with E-state index in [2.05, 4.69) is 25.7 Å². The molecule has 1 saturated heterocycles. The number of nitrogens with zero attached hydrogens (tertiary/aromatic N) is 1. The van der Waals surface area contributed by atoms with Crippen LogP contribution in [0.3, 0.4) is 0 Å². The topological polar surface area (TPSA) is 37.4 Å². The van der Waals surface area contributed by atoms with Gasteiger partial charge in [-0.1, -0.05) is 20.8 Å². The summed E-state index contributed by atoms with van der Waals surface area (Å²) in [7, 11) is -2.79. The van der Waals surface area contributed by atoms with Crippen molar-refractivity contribution >= 4 is 9.84 Å². The lowest BCUT2D eigenvalue weighted by Gasteiger charge is -2.29.